The number of piperidine rings is 2. The second-order valence-electron chi connectivity index (χ2n) is 12.5. The third-order valence-electron chi connectivity index (χ3n) is 8.86. The van der Waals surface area contributed by atoms with Gasteiger partial charge in [0, 0.05) is 60.3 Å². The first-order chi connectivity index (χ1) is 24.7. The van der Waals surface area contributed by atoms with Gasteiger partial charge in [0.05, 0.1) is 0 Å². The lowest BCUT2D eigenvalue weighted by molar-refractivity contribution is 0.0694. The minimum atomic E-state index is -0.363. The normalized spacial score (nSPS) is 17.1. The van der Waals surface area contributed by atoms with E-state index in [2.05, 4.69) is 27.0 Å². The molecule has 11 heteroatoms. The minimum absolute atomic E-state index is 0.0462. The lowest BCUT2D eigenvalue weighted by Crippen LogP contribution is -2.39. The lowest BCUT2D eigenvalue weighted by atomic mass is 9.96. The summed E-state index contributed by atoms with van der Waals surface area (Å²) in [5.41, 5.74) is 2.46. The summed E-state index contributed by atoms with van der Waals surface area (Å²) in [6, 6.07) is 23.3. The minimum Gasteiger partial charge on any atom is -0.338 e. The molecule has 2 saturated heterocycles. The van der Waals surface area contributed by atoms with Gasteiger partial charge in [-0.3, -0.25) is 14.7 Å². The van der Waals surface area contributed by atoms with E-state index in [0.29, 0.717) is 49.0 Å². The van der Waals surface area contributed by atoms with Crippen LogP contribution in [0.5, 0.6) is 0 Å². The van der Waals surface area contributed by atoms with Crippen molar-refractivity contribution in [1.82, 2.24) is 25.0 Å². The molecule has 1 N–H and O–H groups in total. The molecule has 2 aliphatic heterocycles. The third-order valence-corrected chi connectivity index (χ3v) is 8.86. The summed E-state index contributed by atoms with van der Waals surface area (Å²) in [5.74, 6) is 6.06. The molecule has 0 bridgehead atoms. The fraction of sp³-hybridized carbons (Fsp3) is 0.250. The van der Waals surface area contributed by atoms with E-state index in [1.54, 1.807) is 34.1 Å². The van der Waals surface area contributed by atoms with Gasteiger partial charge < -0.3 is 9.80 Å². The number of benzene rings is 4. The Morgan fingerprint density at radius 1 is 0.647 bits per heavy atom. The van der Waals surface area contributed by atoms with Crippen LogP contribution in [0.15, 0.2) is 97.1 Å². The van der Waals surface area contributed by atoms with Gasteiger partial charge in [-0.2, -0.15) is 5.10 Å². The van der Waals surface area contributed by atoms with Gasteiger partial charge in [0.1, 0.15) is 29.1 Å². The maximum absolute atomic E-state index is 13.1. The molecule has 4 aromatic carbocycles. The molecule has 5 aromatic rings. The van der Waals surface area contributed by atoms with Crippen molar-refractivity contribution in [3.63, 3.8) is 0 Å². The SMILES string of the molecule is O=C(c1ccc(F)cc1)N1CCCC(C#Cc2ccc(F)cc2)C1.O=C(c1ccc(F)cc1)N1CCCC(c2nc(-c3ccc(F)cc3)n[nH]2)C1. The van der Waals surface area contributed by atoms with E-state index in [-0.39, 0.29) is 46.9 Å². The lowest BCUT2D eigenvalue weighted by Gasteiger charge is -2.31. The van der Waals surface area contributed by atoms with Crippen molar-refractivity contribution in [3.05, 3.63) is 143 Å². The Labute approximate surface area is 293 Å². The number of aromatic amines is 1. The van der Waals surface area contributed by atoms with Crippen molar-refractivity contribution in [2.75, 3.05) is 26.2 Å². The smallest absolute Gasteiger partial charge is 0.253 e. The zero-order valence-electron chi connectivity index (χ0n) is 27.7. The molecule has 0 aliphatic carbocycles. The first kappa shape index (κ1) is 35.1. The van der Waals surface area contributed by atoms with E-state index in [1.165, 1.54) is 72.8 Å². The average Bonchev–Trinajstić information content (AvgIpc) is 3.66. The standard InChI is InChI=1S/C20H18F2N4O.C20H17F2NO/c21-16-7-3-13(4-8-16)18-23-19(25-24-18)15-2-1-11-26(12-15)20(27)14-5-9-17(22)10-6-14;21-18-9-5-15(6-10-18)3-4-16-2-1-13-23(14-16)20(24)17-7-11-19(22)12-8-17/h3-10,15H,1-2,11-12H2,(H,23,24,25);5-12,16H,1-2,13-14H2. The average molecular weight is 694 g/mol. The van der Waals surface area contributed by atoms with Gasteiger partial charge in [0.25, 0.3) is 11.8 Å². The number of likely N-dealkylation sites (tertiary alicyclic amines) is 2. The summed E-state index contributed by atoms with van der Waals surface area (Å²) in [6.07, 6.45) is 3.56. The maximum atomic E-state index is 13.1. The number of nitrogens with one attached hydrogen (secondary N) is 1. The number of amides is 2. The van der Waals surface area contributed by atoms with Gasteiger partial charge in [-0.1, -0.05) is 11.8 Å². The van der Waals surface area contributed by atoms with Gasteiger partial charge in [-0.15, -0.1) is 0 Å². The summed E-state index contributed by atoms with van der Waals surface area (Å²) >= 11 is 0. The Kier molecular flexibility index (Phi) is 11.2. The molecule has 2 unspecified atom stereocenters. The predicted molar refractivity (Wildman–Crippen MR) is 184 cm³/mol. The fourth-order valence-corrected chi connectivity index (χ4v) is 6.12. The Bertz CT molecular complexity index is 2000. The Morgan fingerprint density at radius 3 is 1.71 bits per heavy atom. The second kappa shape index (κ2) is 16.3. The molecule has 7 rings (SSSR count). The van der Waals surface area contributed by atoms with Crippen LogP contribution in [-0.4, -0.2) is 63.0 Å². The van der Waals surface area contributed by atoms with Gasteiger partial charge in [-0.05, 0) is 123 Å². The predicted octanol–water partition coefficient (Wildman–Crippen LogP) is 7.64. The van der Waals surface area contributed by atoms with Crippen molar-refractivity contribution >= 4 is 11.8 Å². The molecular formula is C40H35F4N5O2. The molecule has 2 aliphatic rings. The van der Waals surface area contributed by atoms with Crippen LogP contribution in [0, 0.1) is 41.0 Å². The molecule has 2 fully saturated rings. The number of carbonyl (C=O) groups excluding carboxylic acids is 2. The molecular weight excluding hydrogens is 658 g/mol. The Balaban J connectivity index is 0.000000177. The number of carbonyl (C=O) groups is 2. The van der Waals surface area contributed by atoms with Crippen molar-refractivity contribution in [3.8, 4) is 23.2 Å². The molecule has 2 atom stereocenters. The first-order valence-electron chi connectivity index (χ1n) is 16.8. The third kappa shape index (κ3) is 9.28. The summed E-state index contributed by atoms with van der Waals surface area (Å²) in [6.45, 7) is 2.43. The van der Waals surface area contributed by atoms with Crippen LogP contribution in [0.4, 0.5) is 17.6 Å². The first-order valence-corrected chi connectivity index (χ1v) is 16.8. The monoisotopic (exact) mass is 693 g/mol. The van der Waals surface area contributed by atoms with Crippen molar-refractivity contribution in [1.29, 1.82) is 0 Å². The van der Waals surface area contributed by atoms with Crippen LogP contribution < -0.4 is 0 Å². The fourth-order valence-electron chi connectivity index (χ4n) is 6.12. The topological polar surface area (TPSA) is 82.2 Å². The number of hydrogen-bond acceptors (Lipinski definition) is 4. The summed E-state index contributed by atoms with van der Waals surface area (Å²) in [7, 11) is 0. The number of hydrogen-bond donors (Lipinski definition) is 1. The molecule has 51 heavy (non-hydrogen) atoms. The number of rotatable bonds is 4. The molecule has 3 heterocycles. The van der Waals surface area contributed by atoms with E-state index in [1.807, 2.05) is 0 Å². The highest BCUT2D eigenvalue weighted by atomic mass is 19.1. The van der Waals surface area contributed by atoms with Crippen LogP contribution in [0.3, 0.4) is 0 Å². The van der Waals surface area contributed by atoms with E-state index >= 15 is 0 Å². The van der Waals surface area contributed by atoms with Gasteiger partial charge >= 0.3 is 0 Å². The second-order valence-corrected chi connectivity index (χ2v) is 12.5. The van der Waals surface area contributed by atoms with E-state index in [9.17, 15) is 27.2 Å². The molecule has 0 radical (unpaired) electrons. The molecule has 260 valence electrons. The van der Waals surface area contributed by atoms with Crippen LogP contribution >= 0.6 is 0 Å². The van der Waals surface area contributed by atoms with Crippen LogP contribution in [0.25, 0.3) is 11.4 Å². The van der Waals surface area contributed by atoms with Gasteiger partial charge in [0.2, 0.25) is 0 Å². The van der Waals surface area contributed by atoms with Gasteiger partial charge in [0.15, 0.2) is 5.82 Å². The Morgan fingerprint density at radius 2 is 1.14 bits per heavy atom. The quantitative estimate of drug-likeness (QED) is 0.155. The molecule has 0 spiro atoms. The number of aromatic nitrogens is 3. The molecule has 1 aromatic heterocycles. The highest BCUT2D eigenvalue weighted by Crippen LogP contribution is 2.27. The molecule has 2 amide bonds. The number of nitrogens with zero attached hydrogens (tertiary/aromatic N) is 4. The van der Waals surface area contributed by atoms with Crippen molar-refractivity contribution in [2.24, 2.45) is 5.92 Å². The zero-order valence-corrected chi connectivity index (χ0v) is 27.7. The van der Waals surface area contributed by atoms with Crippen LogP contribution in [0.2, 0.25) is 0 Å². The van der Waals surface area contributed by atoms with E-state index in [0.717, 1.165) is 36.8 Å². The van der Waals surface area contributed by atoms with Crippen molar-refractivity contribution < 1.29 is 27.2 Å². The maximum Gasteiger partial charge on any atom is 0.253 e. The van der Waals surface area contributed by atoms with E-state index < -0.39 is 0 Å². The van der Waals surface area contributed by atoms with E-state index in [4.69, 9.17) is 0 Å². The van der Waals surface area contributed by atoms with Crippen LogP contribution in [-0.2, 0) is 0 Å². The van der Waals surface area contributed by atoms with Gasteiger partial charge in [-0.25, -0.2) is 22.5 Å². The summed E-state index contributed by atoms with van der Waals surface area (Å²) in [5, 5.41) is 7.18. The van der Waals surface area contributed by atoms with Crippen LogP contribution in [0.1, 0.15) is 63.7 Å². The largest absolute Gasteiger partial charge is 0.338 e. The van der Waals surface area contributed by atoms with Crippen molar-refractivity contribution in [2.45, 2.75) is 31.6 Å². The number of halogens is 4. The number of H-pyrrole nitrogens is 1. The molecule has 0 saturated carbocycles. The summed E-state index contributed by atoms with van der Waals surface area (Å²) < 4.78 is 52.0. The molecule has 7 nitrogen and oxygen atoms in total. The highest BCUT2D eigenvalue weighted by Gasteiger charge is 2.28. The summed E-state index contributed by atoms with van der Waals surface area (Å²) in [4.78, 5) is 33.2. The zero-order chi connectivity index (χ0) is 35.7. The Hall–Kier alpha value is -5.76. The highest BCUT2D eigenvalue weighted by molar-refractivity contribution is 5.94.